The van der Waals surface area contributed by atoms with E-state index in [1.54, 1.807) is 0 Å². The Balaban J connectivity index is 2.04. The van der Waals surface area contributed by atoms with Crippen molar-refractivity contribution in [2.45, 2.75) is 69.7 Å². The van der Waals surface area contributed by atoms with Crippen molar-refractivity contribution in [3.05, 3.63) is 0 Å². The molecule has 1 saturated heterocycles. The van der Waals surface area contributed by atoms with E-state index in [2.05, 4.69) is 0 Å². The highest BCUT2D eigenvalue weighted by atomic mass is 19.4. The molecule has 3 nitrogen and oxygen atoms in total. The molecule has 2 fully saturated rings. The number of rotatable bonds is 2. The van der Waals surface area contributed by atoms with E-state index in [0.717, 1.165) is 38.5 Å². The number of carbonyl (C=O) groups is 1. The van der Waals surface area contributed by atoms with Gasteiger partial charge in [0, 0.05) is 12.5 Å². The second-order valence-corrected chi connectivity index (χ2v) is 5.92. The molecule has 0 aromatic rings. The molecule has 0 bridgehead atoms. The molecule has 2 atom stereocenters. The van der Waals surface area contributed by atoms with Gasteiger partial charge in [0.15, 0.2) is 6.10 Å². The van der Waals surface area contributed by atoms with E-state index in [-0.39, 0.29) is 18.2 Å². The monoisotopic (exact) mass is 293 g/mol. The lowest BCUT2D eigenvalue weighted by Gasteiger charge is -2.32. The fraction of sp³-hybridized carbons (Fsp3) is 0.929. The predicted molar refractivity (Wildman–Crippen MR) is 68.0 cm³/mol. The van der Waals surface area contributed by atoms with Crippen LogP contribution in [-0.4, -0.2) is 40.8 Å². The highest BCUT2D eigenvalue weighted by Crippen LogP contribution is 2.33. The highest BCUT2D eigenvalue weighted by molar-refractivity contribution is 5.79. The van der Waals surface area contributed by atoms with Crippen LogP contribution in [0.3, 0.4) is 0 Å². The number of hydrogen-bond acceptors (Lipinski definition) is 2. The van der Waals surface area contributed by atoms with E-state index in [9.17, 15) is 23.1 Å². The van der Waals surface area contributed by atoms with Crippen LogP contribution in [0.15, 0.2) is 0 Å². The van der Waals surface area contributed by atoms with Crippen molar-refractivity contribution in [2.24, 2.45) is 5.92 Å². The van der Waals surface area contributed by atoms with Crippen LogP contribution in [0.25, 0.3) is 0 Å². The maximum atomic E-state index is 12.7. The van der Waals surface area contributed by atoms with Gasteiger partial charge in [-0.3, -0.25) is 4.79 Å². The van der Waals surface area contributed by atoms with Gasteiger partial charge in [-0.1, -0.05) is 25.7 Å². The molecular formula is C14H22F3NO2. The molecule has 2 aliphatic rings. The second-order valence-electron chi connectivity index (χ2n) is 5.92. The van der Waals surface area contributed by atoms with Crippen LogP contribution in [0.1, 0.15) is 51.4 Å². The van der Waals surface area contributed by atoms with Crippen molar-refractivity contribution < 1.29 is 23.1 Å². The molecule has 1 heterocycles. The standard InChI is InChI=1S/C14H22F3NO2/c15-14(16,17)12(19)11-8-5-9-18(11)13(20)10-6-3-1-2-4-7-10/h10-12,19H,1-9H2/t11-,12-/m1/s1. The number of aliphatic hydroxyl groups excluding tert-OH is 1. The number of carbonyl (C=O) groups excluding carboxylic acids is 1. The molecule has 20 heavy (non-hydrogen) atoms. The van der Waals surface area contributed by atoms with E-state index in [0.29, 0.717) is 13.0 Å². The third kappa shape index (κ3) is 3.45. The Morgan fingerprint density at radius 3 is 2.20 bits per heavy atom. The molecular weight excluding hydrogens is 271 g/mol. The molecule has 2 rings (SSSR count). The number of alkyl halides is 3. The van der Waals surface area contributed by atoms with Gasteiger partial charge in [0.1, 0.15) is 0 Å². The van der Waals surface area contributed by atoms with E-state index in [4.69, 9.17) is 0 Å². The summed E-state index contributed by atoms with van der Waals surface area (Å²) >= 11 is 0. The summed E-state index contributed by atoms with van der Waals surface area (Å²) in [6.45, 7) is 0.340. The minimum absolute atomic E-state index is 0.154. The van der Waals surface area contributed by atoms with Crippen LogP contribution in [0.5, 0.6) is 0 Å². The molecule has 1 N–H and O–H groups in total. The first kappa shape index (κ1) is 15.6. The summed E-state index contributed by atoms with van der Waals surface area (Å²) in [5.74, 6) is -0.337. The summed E-state index contributed by atoms with van der Waals surface area (Å²) in [5.41, 5.74) is 0. The zero-order valence-electron chi connectivity index (χ0n) is 11.5. The molecule has 0 aromatic heterocycles. The van der Waals surface area contributed by atoms with Crippen LogP contribution in [0, 0.1) is 5.92 Å². The molecule has 116 valence electrons. The summed E-state index contributed by atoms with van der Waals surface area (Å²) in [5, 5.41) is 9.44. The Labute approximate surface area is 117 Å². The predicted octanol–water partition coefficient (Wildman–Crippen LogP) is 2.87. The van der Waals surface area contributed by atoms with Gasteiger partial charge in [-0.15, -0.1) is 0 Å². The van der Waals surface area contributed by atoms with Gasteiger partial charge in [-0.25, -0.2) is 0 Å². The summed E-state index contributed by atoms with van der Waals surface area (Å²) in [7, 11) is 0. The number of aliphatic hydroxyl groups is 1. The van der Waals surface area contributed by atoms with Crippen molar-refractivity contribution in [3.8, 4) is 0 Å². The van der Waals surface area contributed by atoms with E-state index < -0.39 is 18.3 Å². The van der Waals surface area contributed by atoms with Gasteiger partial charge < -0.3 is 10.0 Å². The minimum atomic E-state index is -4.66. The van der Waals surface area contributed by atoms with Crippen molar-refractivity contribution in [1.82, 2.24) is 4.90 Å². The first-order valence-corrected chi connectivity index (χ1v) is 7.46. The first-order valence-electron chi connectivity index (χ1n) is 7.46. The number of likely N-dealkylation sites (tertiary alicyclic amines) is 1. The van der Waals surface area contributed by atoms with Gasteiger partial charge in [-0.2, -0.15) is 13.2 Å². The van der Waals surface area contributed by atoms with Crippen molar-refractivity contribution in [3.63, 3.8) is 0 Å². The average Bonchev–Trinajstić information content (AvgIpc) is 2.70. The topological polar surface area (TPSA) is 40.5 Å². The van der Waals surface area contributed by atoms with Gasteiger partial charge >= 0.3 is 6.18 Å². The summed E-state index contributed by atoms with van der Waals surface area (Å²) < 4.78 is 38.0. The van der Waals surface area contributed by atoms with Gasteiger partial charge in [0.05, 0.1) is 6.04 Å². The molecule has 0 unspecified atom stereocenters. The quantitative estimate of drug-likeness (QED) is 0.795. The van der Waals surface area contributed by atoms with Gasteiger partial charge in [0.25, 0.3) is 0 Å². The Bertz CT molecular complexity index is 338. The maximum Gasteiger partial charge on any atom is 0.416 e. The fourth-order valence-electron chi connectivity index (χ4n) is 3.37. The molecule has 6 heteroatoms. The number of amides is 1. The number of nitrogens with zero attached hydrogens (tertiary/aromatic N) is 1. The Morgan fingerprint density at radius 2 is 1.65 bits per heavy atom. The van der Waals surface area contributed by atoms with Gasteiger partial charge in [-0.05, 0) is 25.7 Å². The van der Waals surface area contributed by atoms with Crippen molar-refractivity contribution >= 4 is 5.91 Å². The SMILES string of the molecule is O=C(C1CCCCCC1)N1CCC[C@@H]1[C@@H](O)C(F)(F)F. The van der Waals surface area contributed by atoms with Gasteiger partial charge in [0.2, 0.25) is 5.91 Å². The molecule has 1 amide bonds. The molecule has 1 aliphatic carbocycles. The second kappa shape index (κ2) is 6.33. The maximum absolute atomic E-state index is 12.7. The van der Waals surface area contributed by atoms with E-state index >= 15 is 0 Å². The third-order valence-corrected chi connectivity index (χ3v) is 4.49. The largest absolute Gasteiger partial charge is 0.416 e. The van der Waals surface area contributed by atoms with Crippen LogP contribution < -0.4 is 0 Å². The minimum Gasteiger partial charge on any atom is -0.382 e. The molecule has 1 aliphatic heterocycles. The zero-order chi connectivity index (χ0) is 14.8. The average molecular weight is 293 g/mol. The normalized spacial score (nSPS) is 27.4. The smallest absolute Gasteiger partial charge is 0.382 e. The van der Waals surface area contributed by atoms with E-state index in [1.807, 2.05) is 0 Å². The lowest BCUT2D eigenvalue weighted by Crippen LogP contribution is -2.50. The molecule has 0 aromatic carbocycles. The zero-order valence-corrected chi connectivity index (χ0v) is 11.5. The summed E-state index contributed by atoms with van der Waals surface area (Å²) in [4.78, 5) is 13.7. The van der Waals surface area contributed by atoms with Crippen LogP contribution >= 0.6 is 0 Å². The first-order chi connectivity index (χ1) is 9.41. The van der Waals surface area contributed by atoms with Crippen LogP contribution in [-0.2, 0) is 4.79 Å². The van der Waals surface area contributed by atoms with Crippen molar-refractivity contribution in [2.75, 3.05) is 6.54 Å². The molecule has 0 radical (unpaired) electrons. The lowest BCUT2D eigenvalue weighted by molar-refractivity contribution is -0.219. The molecule has 1 saturated carbocycles. The Hall–Kier alpha value is -0.780. The summed E-state index contributed by atoms with van der Waals surface area (Å²) in [6, 6.07) is -1.09. The fourth-order valence-corrected chi connectivity index (χ4v) is 3.37. The van der Waals surface area contributed by atoms with Crippen LogP contribution in [0.2, 0.25) is 0 Å². The van der Waals surface area contributed by atoms with Crippen LogP contribution in [0.4, 0.5) is 13.2 Å². The number of hydrogen-bond donors (Lipinski definition) is 1. The summed E-state index contributed by atoms with van der Waals surface area (Å²) in [6.07, 6.45) is -0.634. The lowest BCUT2D eigenvalue weighted by atomic mass is 9.97. The Morgan fingerprint density at radius 1 is 1.05 bits per heavy atom. The Kier molecular flexibility index (Phi) is 4.94. The number of halogens is 3. The molecule has 0 spiro atoms. The third-order valence-electron chi connectivity index (χ3n) is 4.49. The van der Waals surface area contributed by atoms with Crippen molar-refractivity contribution in [1.29, 1.82) is 0 Å². The van der Waals surface area contributed by atoms with E-state index in [1.165, 1.54) is 4.90 Å². The highest BCUT2D eigenvalue weighted by Gasteiger charge is 2.48.